The van der Waals surface area contributed by atoms with E-state index in [9.17, 15) is 4.39 Å². The third-order valence-electron chi connectivity index (χ3n) is 0.995. The first-order chi connectivity index (χ1) is 3.72. The molecule has 0 rings (SSSR count). The van der Waals surface area contributed by atoms with Crippen LogP contribution < -0.4 is 0 Å². The summed E-state index contributed by atoms with van der Waals surface area (Å²) in [6, 6.07) is 0. The molecule has 2 unspecified atom stereocenters. The van der Waals surface area contributed by atoms with Crippen LogP contribution in [0.5, 0.6) is 0 Å². The van der Waals surface area contributed by atoms with Crippen molar-refractivity contribution in [1.29, 1.82) is 0 Å². The Morgan fingerprint density at radius 2 is 2.25 bits per heavy atom. The minimum Gasteiger partial charge on any atom is -0.394 e. The first-order valence-corrected chi connectivity index (χ1v) is 2.50. The van der Waals surface area contributed by atoms with Gasteiger partial charge in [0.1, 0.15) is 12.3 Å². The van der Waals surface area contributed by atoms with Crippen molar-refractivity contribution in [2.75, 3.05) is 13.7 Å². The third-order valence-corrected chi connectivity index (χ3v) is 0.995. The Morgan fingerprint density at radius 1 is 1.75 bits per heavy atom. The lowest BCUT2D eigenvalue weighted by Gasteiger charge is -2.11. The number of hydrogen-bond acceptors (Lipinski definition) is 2. The molecule has 0 aromatic heterocycles. The van der Waals surface area contributed by atoms with Gasteiger partial charge in [-0.1, -0.05) is 0 Å². The van der Waals surface area contributed by atoms with Crippen LogP contribution in [-0.2, 0) is 4.74 Å². The highest BCUT2D eigenvalue weighted by atomic mass is 19.1. The molecule has 2 nitrogen and oxygen atoms in total. The van der Waals surface area contributed by atoms with E-state index in [1.54, 1.807) is 0 Å². The maximum atomic E-state index is 12.1. The highest BCUT2D eigenvalue weighted by Crippen LogP contribution is 1.99. The molecule has 1 N–H and O–H groups in total. The van der Waals surface area contributed by atoms with Crippen molar-refractivity contribution in [3.8, 4) is 0 Å². The van der Waals surface area contributed by atoms with Gasteiger partial charge < -0.3 is 9.84 Å². The Balaban J connectivity index is 3.35. The van der Waals surface area contributed by atoms with Crippen LogP contribution in [0, 0.1) is 0 Å². The van der Waals surface area contributed by atoms with Crippen molar-refractivity contribution < 1.29 is 14.2 Å². The van der Waals surface area contributed by atoms with E-state index < -0.39 is 12.3 Å². The van der Waals surface area contributed by atoms with Crippen molar-refractivity contribution in [2.24, 2.45) is 0 Å². The van der Waals surface area contributed by atoms with Gasteiger partial charge in [0.15, 0.2) is 0 Å². The zero-order chi connectivity index (χ0) is 6.57. The van der Waals surface area contributed by atoms with Gasteiger partial charge in [0, 0.05) is 7.11 Å². The van der Waals surface area contributed by atoms with E-state index >= 15 is 0 Å². The normalized spacial score (nSPS) is 18.0. The number of alkyl halides is 1. The predicted octanol–water partition coefficient (Wildman–Crippen LogP) is 0.352. The Labute approximate surface area is 48.3 Å². The van der Waals surface area contributed by atoms with Crippen LogP contribution in [0.1, 0.15) is 6.92 Å². The fourth-order valence-electron chi connectivity index (χ4n) is 0.407. The summed E-state index contributed by atoms with van der Waals surface area (Å²) in [5.41, 5.74) is 0. The van der Waals surface area contributed by atoms with Crippen LogP contribution in [0.25, 0.3) is 0 Å². The van der Waals surface area contributed by atoms with Gasteiger partial charge in [0.25, 0.3) is 0 Å². The lowest BCUT2D eigenvalue weighted by atomic mass is 10.3. The van der Waals surface area contributed by atoms with Gasteiger partial charge in [0.2, 0.25) is 0 Å². The van der Waals surface area contributed by atoms with E-state index in [2.05, 4.69) is 4.74 Å². The summed E-state index contributed by atoms with van der Waals surface area (Å²) < 4.78 is 16.6. The van der Waals surface area contributed by atoms with Crippen molar-refractivity contribution >= 4 is 0 Å². The number of halogens is 1. The lowest BCUT2D eigenvalue weighted by molar-refractivity contribution is 0.0000301. The van der Waals surface area contributed by atoms with Crippen molar-refractivity contribution in [2.45, 2.75) is 19.2 Å². The van der Waals surface area contributed by atoms with Gasteiger partial charge in [-0.05, 0) is 6.92 Å². The predicted molar refractivity (Wildman–Crippen MR) is 28.5 cm³/mol. The molecule has 2 atom stereocenters. The Hall–Kier alpha value is -0.150. The first-order valence-electron chi connectivity index (χ1n) is 2.50. The summed E-state index contributed by atoms with van der Waals surface area (Å²) in [5, 5.41) is 8.33. The summed E-state index contributed by atoms with van der Waals surface area (Å²) >= 11 is 0. The summed E-state index contributed by atoms with van der Waals surface area (Å²) in [6.07, 6.45) is -1.75. The second-order valence-corrected chi connectivity index (χ2v) is 1.63. The molecule has 0 saturated carbocycles. The number of rotatable bonds is 3. The van der Waals surface area contributed by atoms with Crippen LogP contribution in [0.3, 0.4) is 0 Å². The molecule has 0 saturated heterocycles. The largest absolute Gasteiger partial charge is 0.394 e. The average Bonchev–Trinajstić information content (AvgIpc) is 1.69. The Kier molecular flexibility index (Phi) is 3.73. The molecule has 0 aromatic carbocycles. The molecule has 0 spiro atoms. The summed E-state index contributed by atoms with van der Waals surface area (Å²) in [4.78, 5) is 0. The van der Waals surface area contributed by atoms with E-state index in [0.717, 1.165) is 0 Å². The molecular formula is C5H11FO2. The number of aliphatic hydroxyl groups is 1. The number of ether oxygens (including phenoxy) is 1. The number of hydrogen-bond donors (Lipinski definition) is 1. The summed E-state index contributed by atoms with van der Waals surface area (Å²) in [7, 11) is 1.37. The van der Waals surface area contributed by atoms with E-state index in [0.29, 0.717) is 0 Å². The van der Waals surface area contributed by atoms with Gasteiger partial charge in [-0.15, -0.1) is 0 Å². The molecule has 8 heavy (non-hydrogen) atoms. The lowest BCUT2D eigenvalue weighted by Crippen LogP contribution is -2.25. The van der Waals surface area contributed by atoms with E-state index in [-0.39, 0.29) is 6.61 Å². The molecule has 0 aromatic rings. The summed E-state index contributed by atoms with van der Waals surface area (Å²) in [5.74, 6) is 0. The van der Waals surface area contributed by atoms with E-state index in [1.165, 1.54) is 14.0 Å². The van der Waals surface area contributed by atoms with Crippen LogP contribution >= 0.6 is 0 Å². The zero-order valence-corrected chi connectivity index (χ0v) is 5.10. The zero-order valence-electron chi connectivity index (χ0n) is 5.10. The second kappa shape index (κ2) is 3.80. The molecule has 0 aliphatic carbocycles. The number of methoxy groups -OCH3 is 1. The quantitative estimate of drug-likeness (QED) is 0.585. The SMILES string of the molecule is COC(CO)C(C)F. The van der Waals surface area contributed by atoms with E-state index in [1.807, 2.05) is 0 Å². The molecule has 0 radical (unpaired) electrons. The van der Waals surface area contributed by atoms with Crippen LogP contribution in [0.2, 0.25) is 0 Å². The molecule has 50 valence electrons. The van der Waals surface area contributed by atoms with Crippen molar-refractivity contribution in [1.82, 2.24) is 0 Å². The topological polar surface area (TPSA) is 29.5 Å². The second-order valence-electron chi connectivity index (χ2n) is 1.63. The van der Waals surface area contributed by atoms with Crippen molar-refractivity contribution in [3.63, 3.8) is 0 Å². The maximum Gasteiger partial charge on any atom is 0.126 e. The molecular weight excluding hydrogens is 111 g/mol. The highest BCUT2D eigenvalue weighted by Gasteiger charge is 2.12. The van der Waals surface area contributed by atoms with Gasteiger partial charge in [-0.3, -0.25) is 0 Å². The molecule has 3 heteroatoms. The van der Waals surface area contributed by atoms with Gasteiger partial charge >= 0.3 is 0 Å². The molecule has 0 bridgehead atoms. The number of aliphatic hydroxyl groups excluding tert-OH is 1. The van der Waals surface area contributed by atoms with Crippen LogP contribution in [-0.4, -0.2) is 31.1 Å². The molecule has 0 aliphatic heterocycles. The Bertz CT molecular complexity index is 52.4. The standard InChI is InChI=1S/C5H11FO2/c1-4(6)5(3-7)8-2/h4-5,7H,3H2,1-2H3. The average molecular weight is 122 g/mol. The van der Waals surface area contributed by atoms with Gasteiger partial charge in [-0.25, -0.2) is 4.39 Å². The fraction of sp³-hybridized carbons (Fsp3) is 1.00. The molecule has 0 amide bonds. The van der Waals surface area contributed by atoms with E-state index in [4.69, 9.17) is 5.11 Å². The maximum absolute atomic E-state index is 12.1. The summed E-state index contributed by atoms with van der Waals surface area (Å²) in [6.45, 7) is 1.10. The molecule has 0 heterocycles. The van der Waals surface area contributed by atoms with Gasteiger partial charge in [-0.2, -0.15) is 0 Å². The molecule has 0 fully saturated rings. The third kappa shape index (κ3) is 2.23. The smallest absolute Gasteiger partial charge is 0.126 e. The van der Waals surface area contributed by atoms with Crippen LogP contribution in [0.15, 0.2) is 0 Å². The fourth-order valence-corrected chi connectivity index (χ4v) is 0.407. The van der Waals surface area contributed by atoms with Crippen LogP contribution in [0.4, 0.5) is 4.39 Å². The Morgan fingerprint density at radius 3 is 2.25 bits per heavy atom. The molecule has 0 aliphatic rings. The minimum absolute atomic E-state index is 0.256. The minimum atomic E-state index is -1.09. The van der Waals surface area contributed by atoms with Gasteiger partial charge in [0.05, 0.1) is 6.61 Å². The highest BCUT2D eigenvalue weighted by molar-refractivity contribution is 4.60. The first kappa shape index (κ1) is 7.85. The van der Waals surface area contributed by atoms with Crippen molar-refractivity contribution in [3.05, 3.63) is 0 Å². The monoisotopic (exact) mass is 122 g/mol.